The summed E-state index contributed by atoms with van der Waals surface area (Å²) in [5, 5.41) is -0.411. The molecule has 0 unspecified atom stereocenters. The third kappa shape index (κ3) is 2.31. The Kier molecular flexibility index (Phi) is 2.78. The Bertz CT molecular complexity index is 557. The summed E-state index contributed by atoms with van der Waals surface area (Å²) in [5.41, 5.74) is 0. The maximum atomic E-state index is 11.6. The van der Waals surface area contributed by atoms with Crippen LogP contribution in [0.3, 0.4) is 0 Å². The Hall–Kier alpha value is -2.02. The molecule has 0 aliphatic carbocycles. The summed E-state index contributed by atoms with van der Waals surface area (Å²) in [6.07, 6.45) is 2.18. The molecule has 0 aliphatic rings. The third-order valence-corrected chi connectivity index (χ3v) is 2.71. The van der Waals surface area contributed by atoms with Gasteiger partial charge in [0.15, 0.2) is 0 Å². The number of aromatic nitrogens is 3. The lowest BCUT2D eigenvalue weighted by molar-refractivity contribution is 0.476. The Morgan fingerprint density at radius 2 is 1.62 bits per heavy atom. The van der Waals surface area contributed by atoms with Gasteiger partial charge in [-0.2, -0.15) is 8.42 Å². The normalized spacial score (nSPS) is 11.0. The summed E-state index contributed by atoms with van der Waals surface area (Å²) in [5.74, 6) is 0.211. The topological polar surface area (TPSA) is 82.0 Å². The van der Waals surface area contributed by atoms with Crippen molar-refractivity contribution in [3.05, 3.63) is 43.0 Å². The van der Waals surface area contributed by atoms with Crippen molar-refractivity contribution in [2.45, 2.75) is 5.16 Å². The Morgan fingerprint density at radius 1 is 1.00 bits per heavy atom. The SMILES string of the molecule is O=S(=O)(Oc1ccccc1)c1ncncn1. The molecule has 82 valence electrons. The lowest BCUT2D eigenvalue weighted by Gasteiger charge is -2.03. The molecule has 0 atom stereocenters. The number of hydrogen-bond donors (Lipinski definition) is 0. The predicted octanol–water partition coefficient (Wildman–Crippen LogP) is 0.639. The highest BCUT2D eigenvalue weighted by Gasteiger charge is 2.19. The van der Waals surface area contributed by atoms with Crippen LogP contribution < -0.4 is 4.18 Å². The minimum Gasteiger partial charge on any atom is -0.377 e. The van der Waals surface area contributed by atoms with Gasteiger partial charge in [-0.25, -0.2) is 15.0 Å². The molecule has 0 aliphatic heterocycles. The summed E-state index contributed by atoms with van der Waals surface area (Å²) in [6.45, 7) is 0. The maximum absolute atomic E-state index is 11.6. The second kappa shape index (κ2) is 4.23. The number of para-hydroxylation sites is 1. The van der Waals surface area contributed by atoms with E-state index in [-0.39, 0.29) is 5.75 Å². The molecule has 1 aromatic heterocycles. The zero-order valence-corrected chi connectivity index (χ0v) is 8.83. The molecule has 0 spiro atoms. The van der Waals surface area contributed by atoms with Crippen LogP contribution in [-0.4, -0.2) is 23.4 Å². The van der Waals surface area contributed by atoms with Crippen molar-refractivity contribution >= 4 is 10.1 Å². The van der Waals surface area contributed by atoms with Crippen LogP contribution in [0.25, 0.3) is 0 Å². The molecule has 0 fully saturated rings. The molecule has 2 rings (SSSR count). The van der Waals surface area contributed by atoms with E-state index in [9.17, 15) is 8.42 Å². The molecule has 0 radical (unpaired) electrons. The lowest BCUT2D eigenvalue weighted by Crippen LogP contribution is -2.13. The summed E-state index contributed by atoms with van der Waals surface area (Å²) < 4.78 is 28.1. The van der Waals surface area contributed by atoms with Crippen LogP contribution in [0.1, 0.15) is 0 Å². The first kappa shape index (κ1) is 10.5. The van der Waals surface area contributed by atoms with Crippen molar-refractivity contribution in [3.8, 4) is 5.75 Å². The molecule has 6 nitrogen and oxygen atoms in total. The Labute approximate surface area is 92.1 Å². The van der Waals surface area contributed by atoms with E-state index >= 15 is 0 Å². The Balaban J connectivity index is 2.29. The van der Waals surface area contributed by atoms with Crippen molar-refractivity contribution in [1.82, 2.24) is 15.0 Å². The van der Waals surface area contributed by atoms with Crippen LogP contribution in [0.4, 0.5) is 0 Å². The molecule has 2 aromatic rings. The van der Waals surface area contributed by atoms with Gasteiger partial charge >= 0.3 is 10.1 Å². The average molecular weight is 237 g/mol. The summed E-state index contributed by atoms with van der Waals surface area (Å²) in [4.78, 5) is 10.5. The van der Waals surface area contributed by atoms with Gasteiger partial charge in [-0.3, -0.25) is 0 Å². The first-order chi connectivity index (χ1) is 7.68. The zero-order chi connectivity index (χ0) is 11.4. The average Bonchev–Trinajstić information content (AvgIpc) is 2.31. The van der Waals surface area contributed by atoms with E-state index in [2.05, 4.69) is 15.0 Å². The fourth-order valence-corrected chi connectivity index (χ4v) is 1.79. The van der Waals surface area contributed by atoms with Gasteiger partial charge in [0.25, 0.3) is 5.16 Å². The smallest absolute Gasteiger partial charge is 0.375 e. The van der Waals surface area contributed by atoms with E-state index in [1.54, 1.807) is 18.2 Å². The van der Waals surface area contributed by atoms with E-state index in [4.69, 9.17) is 4.18 Å². The molecular weight excluding hydrogens is 230 g/mol. The van der Waals surface area contributed by atoms with Gasteiger partial charge < -0.3 is 4.18 Å². The van der Waals surface area contributed by atoms with Crippen molar-refractivity contribution in [2.75, 3.05) is 0 Å². The van der Waals surface area contributed by atoms with Gasteiger partial charge in [0.05, 0.1) is 0 Å². The van der Waals surface area contributed by atoms with Gasteiger partial charge in [-0.15, -0.1) is 0 Å². The van der Waals surface area contributed by atoms with Crippen LogP contribution >= 0.6 is 0 Å². The molecule has 0 N–H and O–H groups in total. The fraction of sp³-hybridized carbons (Fsp3) is 0. The summed E-state index contributed by atoms with van der Waals surface area (Å²) in [7, 11) is -3.98. The number of benzene rings is 1. The van der Waals surface area contributed by atoms with Crippen molar-refractivity contribution in [2.24, 2.45) is 0 Å². The molecule has 0 saturated heterocycles. The van der Waals surface area contributed by atoms with Crippen LogP contribution in [-0.2, 0) is 10.1 Å². The van der Waals surface area contributed by atoms with Crippen LogP contribution in [0, 0.1) is 0 Å². The summed E-state index contributed by atoms with van der Waals surface area (Å²) in [6, 6.07) is 8.14. The molecule has 0 bridgehead atoms. The maximum Gasteiger partial charge on any atom is 0.375 e. The fourth-order valence-electron chi connectivity index (χ4n) is 0.998. The number of rotatable bonds is 3. The minimum atomic E-state index is -3.98. The van der Waals surface area contributed by atoms with Crippen molar-refractivity contribution < 1.29 is 12.6 Å². The molecule has 0 saturated carbocycles. The summed E-state index contributed by atoms with van der Waals surface area (Å²) >= 11 is 0. The standard InChI is InChI=1S/C9H7N3O3S/c13-16(14,9-11-6-10-7-12-9)15-8-4-2-1-3-5-8/h1-7H. The van der Waals surface area contributed by atoms with Crippen molar-refractivity contribution in [3.63, 3.8) is 0 Å². The van der Waals surface area contributed by atoms with E-state index in [1.807, 2.05) is 0 Å². The quantitative estimate of drug-likeness (QED) is 0.728. The number of nitrogens with zero attached hydrogens (tertiary/aromatic N) is 3. The monoisotopic (exact) mass is 237 g/mol. The zero-order valence-electron chi connectivity index (χ0n) is 8.02. The molecule has 0 amide bonds. The van der Waals surface area contributed by atoms with E-state index in [0.717, 1.165) is 12.7 Å². The third-order valence-electron chi connectivity index (χ3n) is 1.64. The van der Waals surface area contributed by atoms with Crippen molar-refractivity contribution in [1.29, 1.82) is 0 Å². The first-order valence-electron chi connectivity index (χ1n) is 4.30. The molecule has 1 aromatic carbocycles. The van der Waals surface area contributed by atoms with E-state index in [1.165, 1.54) is 12.1 Å². The second-order valence-corrected chi connectivity index (χ2v) is 4.21. The van der Waals surface area contributed by atoms with Crippen LogP contribution in [0.15, 0.2) is 48.1 Å². The molecular formula is C9H7N3O3S. The second-order valence-electron chi connectivity index (χ2n) is 2.77. The minimum absolute atomic E-state index is 0.211. The molecule has 16 heavy (non-hydrogen) atoms. The molecule has 7 heteroatoms. The Morgan fingerprint density at radius 3 is 2.25 bits per heavy atom. The van der Waals surface area contributed by atoms with Gasteiger partial charge in [-0.1, -0.05) is 18.2 Å². The highest BCUT2D eigenvalue weighted by Crippen LogP contribution is 2.14. The predicted molar refractivity (Wildman–Crippen MR) is 54.1 cm³/mol. The van der Waals surface area contributed by atoms with Gasteiger partial charge in [-0.05, 0) is 12.1 Å². The largest absolute Gasteiger partial charge is 0.377 e. The van der Waals surface area contributed by atoms with E-state index < -0.39 is 15.3 Å². The first-order valence-corrected chi connectivity index (χ1v) is 5.71. The highest BCUT2D eigenvalue weighted by molar-refractivity contribution is 7.86. The van der Waals surface area contributed by atoms with Crippen LogP contribution in [0.5, 0.6) is 5.75 Å². The number of hydrogen-bond acceptors (Lipinski definition) is 6. The lowest BCUT2D eigenvalue weighted by atomic mass is 10.3. The van der Waals surface area contributed by atoms with Gasteiger partial charge in [0.1, 0.15) is 18.4 Å². The molecule has 1 heterocycles. The van der Waals surface area contributed by atoms with Crippen LogP contribution in [0.2, 0.25) is 0 Å². The van der Waals surface area contributed by atoms with E-state index in [0.29, 0.717) is 0 Å². The van der Waals surface area contributed by atoms with Gasteiger partial charge in [0, 0.05) is 0 Å². The highest BCUT2D eigenvalue weighted by atomic mass is 32.2. The van der Waals surface area contributed by atoms with Gasteiger partial charge in [0.2, 0.25) is 0 Å².